The summed E-state index contributed by atoms with van der Waals surface area (Å²) in [5, 5.41) is 11.1. The van der Waals surface area contributed by atoms with Gasteiger partial charge in [-0.25, -0.2) is 13.4 Å². The van der Waals surface area contributed by atoms with Gasteiger partial charge in [-0.2, -0.15) is 4.31 Å². The second-order valence-electron chi connectivity index (χ2n) is 8.01. The highest BCUT2D eigenvalue weighted by Gasteiger charge is 2.31. The molecule has 0 bridgehead atoms. The largest absolute Gasteiger partial charge is 0.317 e. The number of nitro benzene ring substituents is 1. The van der Waals surface area contributed by atoms with E-state index in [9.17, 15) is 18.5 Å². The van der Waals surface area contributed by atoms with Gasteiger partial charge in [0, 0.05) is 38.3 Å². The zero-order valence-electron chi connectivity index (χ0n) is 17.8. The van der Waals surface area contributed by atoms with Gasteiger partial charge in [-0.05, 0) is 49.6 Å². The van der Waals surface area contributed by atoms with Crippen LogP contribution in [0, 0.1) is 30.9 Å². The number of imidazole rings is 1. The van der Waals surface area contributed by atoms with Crippen LogP contribution in [0.3, 0.4) is 0 Å². The summed E-state index contributed by atoms with van der Waals surface area (Å²) in [5.41, 5.74) is 4.70. The van der Waals surface area contributed by atoms with Gasteiger partial charge < -0.3 is 4.57 Å². The molecule has 9 nitrogen and oxygen atoms in total. The Balaban J connectivity index is 1.48. The fraction of sp³-hybridized carbons (Fsp3) is 0.381. The number of piperazine rings is 1. The first-order valence-electron chi connectivity index (χ1n) is 10.1. The van der Waals surface area contributed by atoms with Crippen LogP contribution in [0.4, 0.5) is 5.69 Å². The van der Waals surface area contributed by atoms with E-state index >= 15 is 0 Å². The number of aromatic nitrogens is 2. The fourth-order valence-corrected chi connectivity index (χ4v) is 5.54. The number of nitro groups is 1. The van der Waals surface area contributed by atoms with Crippen LogP contribution in [0.15, 0.2) is 41.6 Å². The van der Waals surface area contributed by atoms with Crippen molar-refractivity contribution >= 4 is 26.7 Å². The van der Waals surface area contributed by atoms with Crippen LogP contribution in [-0.2, 0) is 16.7 Å². The lowest BCUT2D eigenvalue weighted by molar-refractivity contribution is -0.385. The Morgan fingerprint density at radius 3 is 2.35 bits per heavy atom. The van der Waals surface area contributed by atoms with E-state index in [0.29, 0.717) is 38.4 Å². The lowest BCUT2D eigenvalue weighted by atomic mass is 10.1. The Hall–Kier alpha value is -2.82. The molecule has 2 heterocycles. The molecular weight excluding hydrogens is 418 g/mol. The number of benzene rings is 2. The molecule has 10 heteroatoms. The Labute approximate surface area is 181 Å². The molecule has 0 spiro atoms. The summed E-state index contributed by atoms with van der Waals surface area (Å²) < 4.78 is 29.7. The van der Waals surface area contributed by atoms with Crippen LogP contribution < -0.4 is 0 Å². The van der Waals surface area contributed by atoms with Crippen molar-refractivity contribution in [1.29, 1.82) is 0 Å². The molecular formula is C21H25N5O4S. The molecule has 0 saturated carbocycles. The molecule has 164 valence electrons. The predicted octanol–water partition coefficient (Wildman–Crippen LogP) is 2.83. The van der Waals surface area contributed by atoms with Crippen molar-refractivity contribution in [3.63, 3.8) is 0 Å². The Bertz CT molecular complexity index is 1260. The van der Waals surface area contributed by atoms with Gasteiger partial charge in [0.2, 0.25) is 10.0 Å². The van der Waals surface area contributed by atoms with Crippen LogP contribution in [0.25, 0.3) is 11.0 Å². The zero-order chi connectivity index (χ0) is 22.3. The maximum absolute atomic E-state index is 13.1. The quantitative estimate of drug-likeness (QED) is 0.444. The van der Waals surface area contributed by atoms with Gasteiger partial charge >= 0.3 is 0 Å². The summed E-state index contributed by atoms with van der Waals surface area (Å²) >= 11 is 0. The summed E-state index contributed by atoms with van der Waals surface area (Å²) in [6, 6.07) is 8.16. The number of fused-ring (bicyclic) bond motifs is 1. The molecule has 0 aliphatic carbocycles. The zero-order valence-corrected chi connectivity index (χ0v) is 18.6. The Kier molecular flexibility index (Phi) is 5.54. The highest BCUT2D eigenvalue weighted by molar-refractivity contribution is 7.89. The lowest BCUT2D eigenvalue weighted by Crippen LogP contribution is -2.48. The molecule has 0 unspecified atom stereocenters. The lowest BCUT2D eigenvalue weighted by Gasteiger charge is -2.34. The van der Waals surface area contributed by atoms with E-state index in [1.165, 1.54) is 27.6 Å². The molecule has 3 aromatic rings. The van der Waals surface area contributed by atoms with E-state index < -0.39 is 14.9 Å². The average Bonchev–Trinajstić information content (AvgIpc) is 3.10. The maximum atomic E-state index is 13.1. The van der Waals surface area contributed by atoms with E-state index in [1.54, 1.807) is 6.92 Å². The summed E-state index contributed by atoms with van der Waals surface area (Å²) in [6.45, 7) is 8.21. The number of hydrogen-bond donors (Lipinski definition) is 0. The minimum absolute atomic E-state index is 0.00148. The number of sulfonamides is 1. The van der Waals surface area contributed by atoms with E-state index in [-0.39, 0.29) is 10.6 Å². The van der Waals surface area contributed by atoms with Crippen LogP contribution in [0.2, 0.25) is 0 Å². The van der Waals surface area contributed by atoms with E-state index in [2.05, 4.69) is 40.4 Å². The van der Waals surface area contributed by atoms with Gasteiger partial charge in [0.15, 0.2) is 0 Å². The number of rotatable bonds is 5. The normalized spacial score (nSPS) is 16.1. The number of non-ortho nitro benzene ring substituents is 1. The minimum Gasteiger partial charge on any atom is -0.317 e. The van der Waals surface area contributed by atoms with Gasteiger partial charge in [0.1, 0.15) is 0 Å². The highest BCUT2D eigenvalue weighted by Crippen LogP contribution is 2.26. The average molecular weight is 444 g/mol. The van der Waals surface area contributed by atoms with Crippen LogP contribution in [-0.4, -0.2) is 58.3 Å². The van der Waals surface area contributed by atoms with Crippen molar-refractivity contribution in [3.8, 4) is 0 Å². The van der Waals surface area contributed by atoms with Crippen LogP contribution >= 0.6 is 0 Å². The molecule has 0 atom stereocenters. The van der Waals surface area contributed by atoms with Crippen molar-refractivity contribution in [2.45, 2.75) is 32.3 Å². The second-order valence-corrected chi connectivity index (χ2v) is 9.92. The first-order chi connectivity index (χ1) is 14.7. The fourth-order valence-electron chi connectivity index (χ4n) is 3.87. The molecule has 1 saturated heterocycles. The number of nitrogens with zero attached hydrogens (tertiary/aromatic N) is 5. The topological polar surface area (TPSA) is 102 Å². The van der Waals surface area contributed by atoms with Gasteiger partial charge in [0.25, 0.3) is 5.69 Å². The van der Waals surface area contributed by atoms with Crippen molar-refractivity contribution in [1.82, 2.24) is 18.8 Å². The monoisotopic (exact) mass is 443 g/mol. The van der Waals surface area contributed by atoms with Crippen LogP contribution in [0.5, 0.6) is 0 Å². The number of aryl methyl sites for hydroxylation is 3. The summed E-state index contributed by atoms with van der Waals surface area (Å²) in [5.74, 6) is 0. The van der Waals surface area contributed by atoms with Gasteiger partial charge in [0.05, 0.1) is 33.8 Å². The third-order valence-electron chi connectivity index (χ3n) is 5.92. The summed E-state index contributed by atoms with van der Waals surface area (Å²) in [6.07, 6.45) is 1.82. The molecule has 1 aliphatic rings. The van der Waals surface area contributed by atoms with Gasteiger partial charge in [-0.15, -0.1) is 0 Å². The molecule has 0 N–H and O–H groups in total. The van der Waals surface area contributed by atoms with E-state index in [1.807, 2.05) is 6.33 Å². The van der Waals surface area contributed by atoms with Crippen LogP contribution in [0.1, 0.15) is 16.7 Å². The predicted molar refractivity (Wildman–Crippen MR) is 117 cm³/mol. The first-order valence-corrected chi connectivity index (χ1v) is 11.5. The second kappa shape index (κ2) is 8.03. The standard InChI is InChI=1S/C21H25N5O4S/c1-15-4-5-18(26(27)28)12-21(15)31(29,30)25-8-6-23(7-9-25)14-24-13-22-19-10-16(2)17(3)11-20(19)24/h4-5,10-13H,6-9,14H2,1-3H3. The summed E-state index contributed by atoms with van der Waals surface area (Å²) in [7, 11) is -3.80. The molecule has 0 amide bonds. The molecule has 31 heavy (non-hydrogen) atoms. The third-order valence-corrected chi connectivity index (χ3v) is 7.96. The van der Waals surface area contributed by atoms with Crippen molar-refractivity contribution < 1.29 is 13.3 Å². The van der Waals surface area contributed by atoms with E-state index in [0.717, 1.165) is 17.1 Å². The molecule has 4 rings (SSSR count). The minimum atomic E-state index is -3.80. The smallest absolute Gasteiger partial charge is 0.270 e. The SMILES string of the molecule is Cc1cc2ncn(CN3CCN(S(=O)(=O)c4cc([N+](=O)[O-])ccc4C)CC3)c2cc1C. The van der Waals surface area contributed by atoms with Crippen molar-refractivity contribution in [2.24, 2.45) is 0 Å². The Morgan fingerprint density at radius 1 is 1.00 bits per heavy atom. The van der Waals surface area contributed by atoms with Gasteiger partial charge in [-0.3, -0.25) is 15.0 Å². The van der Waals surface area contributed by atoms with E-state index in [4.69, 9.17) is 0 Å². The number of hydrogen-bond acceptors (Lipinski definition) is 6. The third kappa shape index (κ3) is 4.06. The summed E-state index contributed by atoms with van der Waals surface area (Å²) in [4.78, 5) is 17.2. The molecule has 1 aromatic heterocycles. The maximum Gasteiger partial charge on any atom is 0.270 e. The van der Waals surface area contributed by atoms with Crippen molar-refractivity contribution in [2.75, 3.05) is 26.2 Å². The van der Waals surface area contributed by atoms with Gasteiger partial charge in [-0.1, -0.05) is 6.07 Å². The molecule has 0 radical (unpaired) electrons. The Morgan fingerprint density at radius 2 is 1.68 bits per heavy atom. The molecule has 1 aliphatic heterocycles. The molecule has 2 aromatic carbocycles. The first kappa shape index (κ1) is 21.4. The molecule has 1 fully saturated rings. The highest BCUT2D eigenvalue weighted by atomic mass is 32.2. The van der Waals surface area contributed by atoms with Crippen molar-refractivity contribution in [3.05, 3.63) is 63.5 Å².